The molecule has 2 N–H and O–H groups in total. The third-order valence-corrected chi connectivity index (χ3v) is 4.01. The Kier molecular flexibility index (Phi) is 4.45. The van der Waals surface area contributed by atoms with Gasteiger partial charge < -0.3 is 19.9 Å². The molecule has 2 fully saturated rings. The molecule has 0 saturated carbocycles. The molecular weight excluding hydrogens is 266 g/mol. The fourth-order valence-electron chi connectivity index (χ4n) is 2.91. The summed E-state index contributed by atoms with van der Waals surface area (Å²) in [6, 6.07) is 7.86. The fraction of sp³-hybridized carbons (Fsp3) is 0.529. The molecule has 2 unspecified atom stereocenters. The van der Waals surface area contributed by atoms with Crippen molar-refractivity contribution in [1.82, 2.24) is 0 Å². The van der Waals surface area contributed by atoms with E-state index in [9.17, 15) is 0 Å². The van der Waals surface area contributed by atoms with Crippen LogP contribution in [0.4, 0.5) is 0 Å². The van der Waals surface area contributed by atoms with Gasteiger partial charge in [-0.2, -0.15) is 0 Å². The lowest BCUT2D eigenvalue weighted by Crippen LogP contribution is -2.44. The summed E-state index contributed by atoms with van der Waals surface area (Å²) in [7, 11) is 0. The molecule has 2 atom stereocenters. The van der Waals surface area contributed by atoms with E-state index in [1.807, 2.05) is 24.3 Å². The van der Waals surface area contributed by atoms with Gasteiger partial charge in [0.2, 0.25) is 0 Å². The van der Waals surface area contributed by atoms with Gasteiger partial charge in [0.25, 0.3) is 0 Å². The number of ether oxygens (including phenoxy) is 3. The third kappa shape index (κ3) is 3.56. The van der Waals surface area contributed by atoms with Crippen LogP contribution in [0, 0.1) is 11.8 Å². The summed E-state index contributed by atoms with van der Waals surface area (Å²) >= 11 is 0. The average molecular weight is 287 g/mol. The Morgan fingerprint density at radius 1 is 1.29 bits per heavy atom. The van der Waals surface area contributed by atoms with Crippen molar-refractivity contribution in [2.45, 2.75) is 31.0 Å². The van der Waals surface area contributed by atoms with Gasteiger partial charge in [0.15, 0.2) is 0 Å². The van der Waals surface area contributed by atoms with Gasteiger partial charge in [0.05, 0.1) is 25.4 Å². The lowest BCUT2D eigenvalue weighted by molar-refractivity contribution is -0.112. The molecule has 112 valence electrons. The number of rotatable bonds is 2. The van der Waals surface area contributed by atoms with Crippen LogP contribution >= 0.6 is 0 Å². The van der Waals surface area contributed by atoms with Crippen molar-refractivity contribution in [3.8, 4) is 17.6 Å². The summed E-state index contributed by atoms with van der Waals surface area (Å²) in [5.41, 5.74) is 6.21. The van der Waals surface area contributed by atoms with Gasteiger partial charge >= 0.3 is 0 Å². The highest BCUT2D eigenvalue weighted by atomic mass is 16.6. The van der Waals surface area contributed by atoms with E-state index in [1.54, 1.807) is 0 Å². The second-order valence-electron chi connectivity index (χ2n) is 5.60. The molecule has 2 aliphatic heterocycles. The molecule has 2 heterocycles. The summed E-state index contributed by atoms with van der Waals surface area (Å²) in [5.74, 6) is 6.74. The first-order chi connectivity index (χ1) is 10.3. The molecule has 4 nitrogen and oxygen atoms in total. The summed E-state index contributed by atoms with van der Waals surface area (Å²) in [6.45, 7) is 2.61. The van der Waals surface area contributed by atoms with Crippen molar-refractivity contribution in [3.05, 3.63) is 29.8 Å². The SMILES string of the molecule is NCC#Cc1ccc(OC2CCOC3(CCOC3)C2)cc1. The molecule has 1 aromatic carbocycles. The molecule has 0 aliphatic carbocycles. The predicted octanol–water partition coefficient (Wildman–Crippen LogP) is 1.71. The Morgan fingerprint density at radius 3 is 2.86 bits per heavy atom. The lowest BCUT2D eigenvalue weighted by Gasteiger charge is -2.37. The third-order valence-electron chi connectivity index (χ3n) is 4.01. The standard InChI is InChI=1S/C17H21NO3/c18-9-1-2-14-3-5-15(6-4-14)21-16-7-10-20-17(12-16)8-11-19-13-17/h3-6,16H,7-13,18H2. The van der Waals surface area contributed by atoms with Gasteiger partial charge in [-0.1, -0.05) is 11.8 Å². The van der Waals surface area contributed by atoms with Gasteiger partial charge in [-0.3, -0.25) is 0 Å². The van der Waals surface area contributed by atoms with E-state index in [2.05, 4.69) is 11.8 Å². The molecule has 0 amide bonds. The Bertz CT molecular complexity index is 523. The minimum Gasteiger partial charge on any atom is -0.490 e. The molecule has 3 rings (SSSR count). The normalized spacial score (nSPS) is 28.1. The summed E-state index contributed by atoms with van der Waals surface area (Å²) in [6.07, 6.45) is 3.00. The first-order valence-electron chi connectivity index (χ1n) is 7.47. The topological polar surface area (TPSA) is 53.7 Å². The van der Waals surface area contributed by atoms with Crippen LogP contribution in [0.3, 0.4) is 0 Å². The molecule has 4 heteroatoms. The van der Waals surface area contributed by atoms with Crippen molar-refractivity contribution >= 4 is 0 Å². The highest BCUT2D eigenvalue weighted by Gasteiger charge is 2.41. The number of nitrogens with two attached hydrogens (primary N) is 1. The molecule has 0 radical (unpaired) electrons. The largest absolute Gasteiger partial charge is 0.490 e. The molecular formula is C17H21NO3. The summed E-state index contributed by atoms with van der Waals surface area (Å²) in [4.78, 5) is 0. The van der Waals surface area contributed by atoms with Crippen LogP contribution in [0.5, 0.6) is 5.75 Å². The number of benzene rings is 1. The first-order valence-corrected chi connectivity index (χ1v) is 7.47. The maximum absolute atomic E-state index is 6.09. The molecule has 2 aliphatic rings. The zero-order chi connectivity index (χ0) is 14.5. The molecule has 1 aromatic rings. The molecule has 0 bridgehead atoms. The molecule has 1 spiro atoms. The van der Waals surface area contributed by atoms with Crippen molar-refractivity contribution in [2.24, 2.45) is 5.73 Å². The van der Waals surface area contributed by atoms with Crippen molar-refractivity contribution in [2.75, 3.05) is 26.4 Å². The average Bonchev–Trinajstić information content (AvgIpc) is 2.94. The van der Waals surface area contributed by atoms with Crippen LogP contribution < -0.4 is 10.5 Å². The van der Waals surface area contributed by atoms with Crippen molar-refractivity contribution in [3.63, 3.8) is 0 Å². The zero-order valence-electron chi connectivity index (χ0n) is 12.1. The van der Waals surface area contributed by atoms with E-state index in [4.69, 9.17) is 19.9 Å². The van der Waals surface area contributed by atoms with E-state index >= 15 is 0 Å². The van der Waals surface area contributed by atoms with Gasteiger partial charge in [0.1, 0.15) is 11.9 Å². The van der Waals surface area contributed by atoms with Gasteiger partial charge in [-0.25, -0.2) is 0 Å². The molecule has 21 heavy (non-hydrogen) atoms. The van der Waals surface area contributed by atoms with Gasteiger partial charge in [-0.15, -0.1) is 0 Å². The van der Waals surface area contributed by atoms with E-state index in [0.29, 0.717) is 13.2 Å². The molecule has 0 aromatic heterocycles. The van der Waals surface area contributed by atoms with Crippen LogP contribution in [0.1, 0.15) is 24.8 Å². The Morgan fingerprint density at radius 2 is 2.14 bits per heavy atom. The lowest BCUT2D eigenvalue weighted by atomic mass is 9.91. The first kappa shape index (κ1) is 14.4. The second kappa shape index (κ2) is 6.48. The van der Waals surface area contributed by atoms with Crippen molar-refractivity contribution < 1.29 is 14.2 Å². The van der Waals surface area contributed by atoms with Crippen LogP contribution in [-0.2, 0) is 9.47 Å². The van der Waals surface area contributed by atoms with E-state index in [1.165, 1.54) is 0 Å². The smallest absolute Gasteiger partial charge is 0.119 e. The van der Waals surface area contributed by atoms with Crippen LogP contribution in [0.2, 0.25) is 0 Å². The number of hydrogen-bond donors (Lipinski definition) is 1. The maximum atomic E-state index is 6.09. The fourth-order valence-corrected chi connectivity index (χ4v) is 2.91. The van der Waals surface area contributed by atoms with E-state index < -0.39 is 0 Å². The Hall–Kier alpha value is -1.54. The zero-order valence-corrected chi connectivity index (χ0v) is 12.1. The highest BCUT2D eigenvalue weighted by molar-refractivity contribution is 5.38. The van der Waals surface area contributed by atoms with Crippen LogP contribution in [0.15, 0.2) is 24.3 Å². The van der Waals surface area contributed by atoms with Crippen LogP contribution in [0.25, 0.3) is 0 Å². The van der Waals surface area contributed by atoms with Crippen LogP contribution in [-0.4, -0.2) is 38.1 Å². The highest BCUT2D eigenvalue weighted by Crippen LogP contribution is 2.34. The maximum Gasteiger partial charge on any atom is 0.119 e. The second-order valence-corrected chi connectivity index (χ2v) is 5.60. The molecule has 2 saturated heterocycles. The number of hydrogen-bond acceptors (Lipinski definition) is 4. The summed E-state index contributed by atoms with van der Waals surface area (Å²) < 4.78 is 17.5. The minimum absolute atomic E-state index is 0.116. The quantitative estimate of drug-likeness (QED) is 0.841. The van der Waals surface area contributed by atoms with Crippen molar-refractivity contribution in [1.29, 1.82) is 0 Å². The minimum atomic E-state index is -0.116. The Balaban J connectivity index is 1.60. The van der Waals surface area contributed by atoms with E-state index in [0.717, 1.165) is 43.8 Å². The predicted molar refractivity (Wildman–Crippen MR) is 80.1 cm³/mol. The van der Waals surface area contributed by atoms with Gasteiger partial charge in [0, 0.05) is 31.4 Å². The monoisotopic (exact) mass is 287 g/mol. The van der Waals surface area contributed by atoms with Gasteiger partial charge in [-0.05, 0) is 24.3 Å². The van der Waals surface area contributed by atoms with E-state index in [-0.39, 0.29) is 11.7 Å². The Labute approximate surface area is 125 Å². The summed E-state index contributed by atoms with van der Waals surface area (Å²) in [5, 5.41) is 0.